The normalized spacial score (nSPS) is 13.3. The first-order valence-corrected chi connectivity index (χ1v) is 10.8. The van der Waals surface area contributed by atoms with Gasteiger partial charge in [-0.25, -0.2) is 0 Å². The Hall–Kier alpha value is -1.60. The van der Waals surface area contributed by atoms with Gasteiger partial charge < -0.3 is 10.4 Å². The molecule has 130 valence electrons. The van der Waals surface area contributed by atoms with Crippen LogP contribution < -0.4 is 5.32 Å². The van der Waals surface area contributed by atoms with E-state index in [0.717, 1.165) is 16.2 Å². The topological polar surface area (TPSA) is 49.3 Å². The average Bonchev–Trinajstić information content (AvgIpc) is 3.34. The fraction of sp³-hybridized carbons (Fsp3) is 0.211. The van der Waals surface area contributed by atoms with Crippen molar-refractivity contribution in [2.75, 3.05) is 12.3 Å². The fourth-order valence-corrected chi connectivity index (χ4v) is 4.85. The number of thiophene rings is 2. The van der Waals surface area contributed by atoms with Crippen molar-refractivity contribution < 1.29 is 9.90 Å². The number of aliphatic hydroxyl groups is 1. The van der Waals surface area contributed by atoms with E-state index in [1.54, 1.807) is 11.8 Å². The second kappa shape index (κ2) is 8.67. The van der Waals surface area contributed by atoms with Crippen molar-refractivity contribution in [2.45, 2.75) is 11.4 Å². The van der Waals surface area contributed by atoms with Crippen LogP contribution in [0.25, 0.3) is 0 Å². The van der Waals surface area contributed by atoms with E-state index in [-0.39, 0.29) is 12.5 Å². The number of nitrogens with one attached hydrogen (secondary N) is 1. The van der Waals surface area contributed by atoms with Crippen molar-refractivity contribution in [3.63, 3.8) is 0 Å². The zero-order valence-electron chi connectivity index (χ0n) is 13.6. The second-order valence-electron chi connectivity index (χ2n) is 5.60. The summed E-state index contributed by atoms with van der Waals surface area (Å²) in [6, 6.07) is 15.8. The molecule has 3 aromatic rings. The summed E-state index contributed by atoms with van der Waals surface area (Å²) in [6.07, 6.45) is 0. The number of hydrogen-bond donors (Lipinski definition) is 2. The van der Waals surface area contributed by atoms with Gasteiger partial charge in [-0.3, -0.25) is 4.79 Å². The summed E-state index contributed by atoms with van der Waals surface area (Å²) >= 11 is 4.60. The molecule has 0 spiro atoms. The van der Waals surface area contributed by atoms with Gasteiger partial charge in [0.05, 0.1) is 12.3 Å². The molecule has 1 aromatic carbocycles. The average molecular weight is 390 g/mol. The van der Waals surface area contributed by atoms with Gasteiger partial charge in [-0.15, -0.1) is 23.1 Å². The quantitative estimate of drug-likeness (QED) is 0.610. The molecule has 1 amide bonds. The van der Waals surface area contributed by atoms with Gasteiger partial charge >= 0.3 is 0 Å². The lowest BCUT2D eigenvalue weighted by molar-refractivity contribution is -0.119. The van der Waals surface area contributed by atoms with Crippen molar-refractivity contribution >= 4 is 40.3 Å². The molecule has 2 aromatic heterocycles. The van der Waals surface area contributed by atoms with Crippen LogP contribution in [0.4, 0.5) is 0 Å². The number of benzene rings is 1. The van der Waals surface area contributed by atoms with Gasteiger partial charge in [-0.2, -0.15) is 11.3 Å². The third-order valence-electron chi connectivity index (χ3n) is 3.81. The lowest BCUT2D eigenvalue weighted by atomic mass is 9.94. The Morgan fingerprint density at radius 1 is 1.12 bits per heavy atom. The van der Waals surface area contributed by atoms with Crippen molar-refractivity contribution in [2.24, 2.45) is 0 Å². The first-order valence-electron chi connectivity index (χ1n) is 7.86. The van der Waals surface area contributed by atoms with Gasteiger partial charge in [-0.05, 0) is 33.8 Å². The summed E-state index contributed by atoms with van der Waals surface area (Å²) in [5.41, 5.74) is 0.847. The minimum absolute atomic E-state index is 0.0638. The van der Waals surface area contributed by atoms with Crippen molar-refractivity contribution in [1.82, 2.24) is 5.32 Å². The first-order chi connectivity index (χ1) is 12.2. The monoisotopic (exact) mass is 389 g/mol. The van der Waals surface area contributed by atoms with Gasteiger partial charge in [0.15, 0.2) is 0 Å². The summed E-state index contributed by atoms with van der Waals surface area (Å²) < 4.78 is 0. The van der Waals surface area contributed by atoms with E-state index in [9.17, 15) is 9.90 Å². The maximum atomic E-state index is 12.2. The van der Waals surface area contributed by atoms with Crippen LogP contribution in [0.5, 0.6) is 0 Å². The Balaban J connectivity index is 1.55. The third-order valence-corrected chi connectivity index (χ3v) is 6.52. The molecule has 2 heterocycles. The molecule has 0 bridgehead atoms. The van der Waals surface area contributed by atoms with E-state index in [2.05, 4.69) is 17.4 Å². The van der Waals surface area contributed by atoms with Crippen LogP contribution in [0.1, 0.15) is 16.0 Å². The molecule has 3 rings (SSSR count). The minimum Gasteiger partial charge on any atom is -0.378 e. The summed E-state index contributed by atoms with van der Waals surface area (Å²) in [6.45, 7) is 0.176. The molecule has 1 unspecified atom stereocenters. The predicted molar refractivity (Wildman–Crippen MR) is 107 cm³/mol. The van der Waals surface area contributed by atoms with Crippen LogP contribution in [-0.4, -0.2) is 23.3 Å². The summed E-state index contributed by atoms with van der Waals surface area (Å²) in [7, 11) is 0. The maximum Gasteiger partial charge on any atom is 0.230 e. The van der Waals surface area contributed by atoms with Crippen LogP contribution >= 0.6 is 34.4 Å². The SMILES string of the molecule is O=C(CSCc1ccccc1)NCC(O)(c1ccsc1)c1cccs1. The number of amides is 1. The van der Waals surface area contributed by atoms with E-state index in [4.69, 9.17) is 0 Å². The van der Waals surface area contributed by atoms with Gasteiger partial charge in [0.25, 0.3) is 0 Å². The summed E-state index contributed by atoms with van der Waals surface area (Å²) in [5, 5.41) is 19.9. The molecule has 6 heteroatoms. The van der Waals surface area contributed by atoms with Gasteiger partial charge in [-0.1, -0.05) is 36.4 Å². The standard InChI is InChI=1S/C19H19NO2S3/c21-18(13-24-11-15-5-2-1-3-6-15)20-14-19(22,16-8-10-23-12-16)17-7-4-9-25-17/h1-10,12,22H,11,13-14H2,(H,20,21). The van der Waals surface area contributed by atoms with Crippen LogP contribution in [0, 0.1) is 0 Å². The van der Waals surface area contributed by atoms with Gasteiger partial charge in [0.2, 0.25) is 5.91 Å². The van der Waals surface area contributed by atoms with Crippen LogP contribution in [0.2, 0.25) is 0 Å². The number of hydrogen-bond acceptors (Lipinski definition) is 5. The summed E-state index contributed by atoms with van der Waals surface area (Å²) in [4.78, 5) is 13.0. The van der Waals surface area contributed by atoms with Crippen molar-refractivity contribution in [3.8, 4) is 0 Å². The largest absolute Gasteiger partial charge is 0.378 e. The summed E-state index contributed by atoms with van der Waals surface area (Å²) in [5.74, 6) is 1.11. The Kier molecular flexibility index (Phi) is 6.31. The molecule has 1 atom stereocenters. The van der Waals surface area contributed by atoms with E-state index >= 15 is 0 Å². The molecule has 3 nitrogen and oxygen atoms in total. The van der Waals surface area contributed by atoms with Crippen LogP contribution in [0.3, 0.4) is 0 Å². The highest BCUT2D eigenvalue weighted by Crippen LogP contribution is 2.33. The highest BCUT2D eigenvalue weighted by atomic mass is 32.2. The van der Waals surface area contributed by atoms with E-state index in [1.165, 1.54) is 28.2 Å². The van der Waals surface area contributed by atoms with Crippen molar-refractivity contribution in [1.29, 1.82) is 0 Å². The molecule has 0 aliphatic carbocycles. The maximum absolute atomic E-state index is 12.2. The van der Waals surface area contributed by atoms with E-state index in [1.807, 2.05) is 52.5 Å². The van der Waals surface area contributed by atoms with Crippen LogP contribution in [-0.2, 0) is 16.1 Å². The zero-order valence-corrected chi connectivity index (χ0v) is 16.0. The number of carbonyl (C=O) groups excluding carboxylic acids is 1. The highest BCUT2D eigenvalue weighted by Gasteiger charge is 2.33. The van der Waals surface area contributed by atoms with Gasteiger partial charge in [0, 0.05) is 16.2 Å². The van der Waals surface area contributed by atoms with Crippen molar-refractivity contribution in [3.05, 3.63) is 80.7 Å². The Bertz CT molecular complexity index is 736. The molecule has 0 aliphatic heterocycles. The minimum atomic E-state index is -1.17. The second-order valence-corrected chi connectivity index (χ2v) is 8.32. The molecule has 2 N–H and O–H groups in total. The molecule has 0 aliphatic rings. The smallest absolute Gasteiger partial charge is 0.230 e. The molecule has 0 radical (unpaired) electrons. The van der Waals surface area contributed by atoms with E-state index < -0.39 is 5.60 Å². The predicted octanol–water partition coefficient (Wildman–Crippen LogP) is 4.10. The molecule has 0 saturated heterocycles. The lowest BCUT2D eigenvalue weighted by Crippen LogP contribution is -2.41. The molecule has 25 heavy (non-hydrogen) atoms. The van der Waals surface area contributed by atoms with E-state index in [0.29, 0.717) is 5.75 Å². The first kappa shape index (κ1) is 18.2. The Morgan fingerprint density at radius 3 is 2.64 bits per heavy atom. The van der Waals surface area contributed by atoms with Gasteiger partial charge in [0.1, 0.15) is 5.60 Å². The number of rotatable bonds is 8. The fourth-order valence-electron chi connectivity index (χ4n) is 2.46. The third kappa shape index (κ3) is 4.73. The Morgan fingerprint density at radius 2 is 1.96 bits per heavy atom. The number of thioether (sulfide) groups is 1. The molecule has 0 saturated carbocycles. The number of carbonyl (C=O) groups is 1. The Labute approximate surface area is 159 Å². The van der Waals surface area contributed by atoms with Crippen LogP contribution in [0.15, 0.2) is 64.7 Å². The molecular formula is C19H19NO2S3. The molecular weight excluding hydrogens is 370 g/mol. The zero-order chi connectivity index (χ0) is 17.5. The highest BCUT2D eigenvalue weighted by molar-refractivity contribution is 7.99. The lowest BCUT2D eigenvalue weighted by Gasteiger charge is -2.27. The molecule has 0 fully saturated rings.